The Hall–Kier alpha value is -3.10. The summed E-state index contributed by atoms with van der Waals surface area (Å²) in [4.78, 5) is 15.7. The highest BCUT2D eigenvalue weighted by atomic mass is 16.6. The largest absolute Gasteiger partial charge is 0.504 e. The third kappa shape index (κ3) is 3.51. The van der Waals surface area contributed by atoms with Crippen LogP contribution in [0.1, 0.15) is 16.1 Å². The van der Waals surface area contributed by atoms with Crippen molar-refractivity contribution in [3.8, 4) is 11.5 Å². The Kier molecular flexibility index (Phi) is 4.91. The van der Waals surface area contributed by atoms with Crippen molar-refractivity contribution >= 4 is 17.9 Å². The number of hydrogen-bond donors (Lipinski definition) is 3. The fraction of sp³-hybridized carbons (Fsp3) is 0.231. The lowest BCUT2D eigenvalue weighted by Gasteiger charge is -2.05. The van der Waals surface area contributed by atoms with Crippen LogP contribution in [0.3, 0.4) is 0 Å². The van der Waals surface area contributed by atoms with E-state index in [1.54, 1.807) is 18.2 Å². The van der Waals surface area contributed by atoms with Crippen molar-refractivity contribution in [1.29, 1.82) is 0 Å². The number of phenolic OH excluding ortho intramolecular Hbond substituents is 1. The van der Waals surface area contributed by atoms with Crippen LogP contribution in [0.15, 0.2) is 27.8 Å². The number of ether oxygens (including phenoxy) is 1. The Labute approximate surface area is 125 Å². The summed E-state index contributed by atoms with van der Waals surface area (Å²) in [5.41, 5.74) is 5.86. The van der Waals surface area contributed by atoms with Crippen molar-refractivity contribution < 1.29 is 19.3 Å². The summed E-state index contributed by atoms with van der Waals surface area (Å²) >= 11 is 0. The highest BCUT2D eigenvalue weighted by Gasteiger charge is 2.14. The first kappa shape index (κ1) is 15.3. The Bertz CT molecular complexity index is 683. The number of nitrogens with two attached hydrogens (primary N) is 1. The molecule has 1 aromatic carbocycles. The molecule has 1 heterocycles. The Morgan fingerprint density at radius 1 is 1.55 bits per heavy atom. The van der Waals surface area contributed by atoms with Crippen LogP contribution in [-0.4, -0.2) is 47.7 Å². The number of amides is 1. The number of aliphatic imine (C=N–C) groups is 1. The molecule has 0 radical (unpaired) electrons. The molecule has 0 aliphatic rings. The fourth-order valence-corrected chi connectivity index (χ4v) is 1.64. The monoisotopic (exact) mass is 305 g/mol. The van der Waals surface area contributed by atoms with E-state index in [1.165, 1.54) is 13.3 Å². The number of aromatic hydroxyl groups is 1. The number of carbonyl (C=O) groups excluding carboxylic acids is 1. The fourth-order valence-electron chi connectivity index (χ4n) is 1.64. The molecule has 4 N–H and O–H groups in total. The van der Waals surface area contributed by atoms with Gasteiger partial charge in [-0.15, -0.1) is 0 Å². The van der Waals surface area contributed by atoms with Crippen molar-refractivity contribution in [3.05, 3.63) is 29.5 Å². The van der Waals surface area contributed by atoms with Crippen LogP contribution in [0.25, 0.3) is 0 Å². The van der Waals surface area contributed by atoms with Crippen LogP contribution < -0.4 is 15.8 Å². The number of benzene rings is 1. The lowest BCUT2D eigenvalue weighted by molar-refractivity contribution is 0.0945. The third-order valence-corrected chi connectivity index (χ3v) is 2.74. The standard InChI is InChI=1S/C13H15N5O4/c1-21-9-4-2-3-8(11(9)19)7-15-5-6-16-13(20)10-12(14)18-22-17-10/h2-4,7,19H,5-6H2,1H3,(H2,14,18)(H,16,20). The van der Waals surface area contributed by atoms with E-state index in [9.17, 15) is 9.90 Å². The minimum absolute atomic E-state index is 0.0132. The van der Waals surface area contributed by atoms with Crippen molar-refractivity contribution in [2.24, 2.45) is 4.99 Å². The lowest BCUT2D eigenvalue weighted by Crippen LogP contribution is -2.27. The van der Waals surface area contributed by atoms with E-state index in [1.807, 2.05) is 0 Å². The van der Waals surface area contributed by atoms with Crippen LogP contribution in [0.4, 0.5) is 5.82 Å². The first-order valence-electron chi connectivity index (χ1n) is 6.35. The summed E-state index contributed by atoms with van der Waals surface area (Å²) in [5, 5.41) is 19.1. The van der Waals surface area contributed by atoms with Gasteiger partial charge in [0.05, 0.1) is 13.7 Å². The minimum Gasteiger partial charge on any atom is -0.504 e. The molecule has 0 saturated carbocycles. The van der Waals surface area contributed by atoms with Crippen LogP contribution >= 0.6 is 0 Å². The van der Waals surface area contributed by atoms with Gasteiger partial charge in [-0.05, 0) is 22.4 Å². The highest BCUT2D eigenvalue weighted by Crippen LogP contribution is 2.27. The van der Waals surface area contributed by atoms with Crippen molar-refractivity contribution in [1.82, 2.24) is 15.6 Å². The van der Waals surface area contributed by atoms with E-state index in [0.29, 0.717) is 17.9 Å². The second-order valence-electron chi connectivity index (χ2n) is 4.19. The summed E-state index contributed by atoms with van der Waals surface area (Å²) < 4.78 is 9.33. The van der Waals surface area contributed by atoms with E-state index < -0.39 is 5.91 Å². The van der Waals surface area contributed by atoms with Gasteiger partial charge in [-0.25, -0.2) is 4.63 Å². The molecule has 0 unspecified atom stereocenters. The van der Waals surface area contributed by atoms with Gasteiger partial charge in [-0.3, -0.25) is 9.79 Å². The number of methoxy groups -OCH3 is 1. The van der Waals surface area contributed by atoms with Gasteiger partial charge in [-0.1, -0.05) is 6.07 Å². The highest BCUT2D eigenvalue weighted by molar-refractivity contribution is 5.96. The predicted molar refractivity (Wildman–Crippen MR) is 78.2 cm³/mol. The summed E-state index contributed by atoms with van der Waals surface area (Å²) in [5.74, 6) is -0.175. The van der Waals surface area contributed by atoms with Gasteiger partial charge in [0, 0.05) is 18.3 Å². The van der Waals surface area contributed by atoms with Gasteiger partial charge in [0.15, 0.2) is 11.5 Å². The van der Waals surface area contributed by atoms with E-state index in [2.05, 4.69) is 25.3 Å². The first-order chi connectivity index (χ1) is 10.6. The van der Waals surface area contributed by atoms with E-state index in [0.717, 1.165) is 0 Å². The molecule has 22 heavy (non-hydrogen) atoms. The van der Waals surface area contributed by atoms with Gasteiger partial charge in [0.1, 0.15) is 0 Å². The minimum atomic E-state index is -0.488. The molecule has 116 valence electrons. The number of rotatable bonds is 6. The van der Waals surface area contributed by atoms with E-state index in [-0.39, 0.29) is 23.8 Å². The second-order valence-corrected chi connectivity index (χ2v) is 4.19. The predicted octanol–water partition coefficient (Wildman–Crippen LogP) is 0.215. The quantitative estimate of drug-likeness (QED) is 0.512. The molecule has 1 amide bonds. The normalized spacial score (nSPS) is 10.8. The summed E-state index contributed by atoms with van der Waals surface area (Å²) in [7, 11) is 1.47. The van der Waals surface area contributed by atoms with E-state index in [4.69, 9.17) is 10.5 Å². The number of nitrogens with one attached hydrogen (secondary N) is 1. The third-order valence-electron chi connectivity index (χ3n) is 2.74. The number of aromatic nitrogens is 2. The number of carbonyl (C=O) groups is 1. The van der Waals surface area contributed by atoms with Gasteiger partial charge in [0.2, 0.25) is 11.5 Å². The molecule has 9 nitrogen and oxygen atoms in total. The number of nitrogens with zero attached hydrogens (tertiary/aromatic N) is 3. The van der Waals surface area contributed by atoms with Crippen molar-refractivity contribution in [3.63, 3.8) is 0 Å². The number of para-hydroxylation sites is 1. The molecule has 0 atom stereocenters. The number of hydrogen-bond acceptors (Lipinski definition) is 8. The maximum atomic E-state index is 11.6. The zero-order valence-corrected chi connectivity index (χ0v) is 11.8. The Balaban J connectivity index is 1.84. The Morgan fingerprint density at radius 2 is 2.36 bits per heavy atom. The van der Waals surface area contributed by atoms with Gasteiger partial charge in [0.25, 0.3) is 5.91 Å². The summed E-state index contributed by atoms with van der Waals surface area (Å²) in [6, 6.07) is 5.08. The molecule has 0 aliphatic carbocycles. The molecule has 0 bridgehead atoms. The molecular weight excluding hydrogens is 290 g/mol. The molecule has 0 aliphatic heterocycles. The molecule has 0 fully saturated rings. The molecule has 2 rings (SSSR count). The maximum Gasteiger partial charge on any atom is 0.277 e. The van der Waals surface area contributed by atoms with Crippen LogP contribution in [0.5, 0.6) is 11.5 Å². The molecule has 0 spiro atoms. The molecule has 0 saturated heterocycles. The van der Waals surface area contributed by atoms with Gasteiger partial charge < -0.3 is 20.9 Å². The lowest BCUT2D eigenvalue weighted by atomic mass is 10.2. The number of nitrogen functional groups attached to an aromatic ring is 1. The molecular formula is C13H15N5O4. The maximum absolute atomic E-state index is 11.6. The van der Waals surface area contributed by atoms with E-state index >= 15 is 0 Å². The molecule has 9 heteroatoms. The average Bonchev–Trinajstić information content (AvgIpc) is 2.94. The SMILES string of the molecule is COc1cccc(C=NCCNC(=O)c2nonc2N)c1O. The first-order valence-corrected chi connectivity index (χ1v) is 6.35. The van der Waals surface area contributed by atoms with Crippen LogP contribution in [-0.2, 0) is 0 Å². The second kappa shape index (κ2) is 7.07. The van der Waals surface area contributed by atoms with Crippen LogP contribution in [0, 0.1) is 0 Å². The molecule has 1 aromatic heterocycles. The van der Waals surface area contributed by atoms with Crippen molar-refractivity contribution in [2.75, 3.05) is 25.9 Å². The molecule has 2 aromatic rings. The summed E-state index contributed by atoms with van der Waals surface area (Å²) in [6.07, 6.45) is 1.50. The average molecular weight is 305 g/mol. The van der Waals surface area contributed by atoms with Crippen molar-refractivity contribution in [2.45, 2.75) is 0 Å². The Morgan fingerprint density at radius 3 is 3.05 bits per heavy atom. The summed E-state index contributed by atoms with van der Waals surface area (Å²) in [6.45, 7) is 0.583. The topological polar surface area (TPSA) is 136 Å². The van der Waals surface area contributed by atoms with Gasteiger partial charge >= 0.3 is 0 Å². The van der Waals surface area contributed by atoms with Gasteiger partial charge in [-0.2, -0.15) is 0 Å². The zero-order valence-electron chi connectivity index (χ0n) is 11.8. The number of phenols is 1. The van der Waals surface area contributed by atoms with Crippen LogP contribution in [0.2, 0.25) is 0 Å². The smallest absolute Gasteiger partial charge is 0.277 e. The number of anilines is 1. The zero-order chi connectivity index (χ0) is 15.9.